The maximum absolute atomic E-state index is 13.0. The van der Waals surface area contributed by atoms with Crippen LogP contribution in [0.25, 0.3) is 10.8 Å². The highest BCUT2D eigenvalue weighted by Gasteiger charge is 2.34. The van der Waals surface area contributed by atoms with Gasteiger partial charge >= 0.3 is 12.1 Å². The number of hydrogen-bond acceptors (Lipinski definition) is 4. The Kier molecular flexibility index (Phi) is 4.68. The minimum atomic E-state index is -4.56. The summed E-state index contributed by atoms with van der Waals surface area (Å²) in [6.45, 7) is 0.188. The maximum Gasteiger partial charge on any atom is 0.419 e. The second kappa shape index (κ2) is 7.16. The van der Waals surface area contributed by atoms with Crippen molar-refractivity contribution in [3.63, 3.8) is 0 Å². The van der Waals surface area contributed by atoms with Crippen molar-refractivity contribution in [3.05, 3.63) is 77.4 Å². The molecule has 4 rings (SSSR count). The number of carbonyl (C=O) groups is 1. The molecule has 0 radical (unpaired) electrons. The molecule has 0 atom stereocenters. The van der Waals surface area contributed by atoms with Crippen molar-refractivity contribution < 1.29 is 27.5 Å². The minimum absolute atomic E-state index is 0.402. The van der Waals surface area contributed by atoms with Crippen LogP contribution in [0.5, 0.6) is 5.75 Å². The first-order valence-corrected chi connectivity index (χ1v) is 8.66. The molecule has 28 heavy (non-hydrogen) atoms. The van der Waals surface area contributed by atoms with Gasteiger partial charge in [0.25, 0.3) is 0 Å². The lowest BCUT2D eigenvalue weighted by molar-refractivity contribution is -0.199. The summed E-state index contributed by atoms with van der Waals surface area (Å²) in [5, 5.41) is 3.75. The fourth-order valence-corrected chi connectivity index (χ4v) is 3.40. The molecule has 3 aromatic rings. The zero-order valence-electron chi connectivity index (χ0n) is 14.7. The lowest BCUT2D eigenvalue weighted by Gasteiger charge is -2.27. The van der Waals surface area contributed by atoms with Crippen LogP contribution in [-0.2, 0) is 28.9 Å². The summed E-state index contributed by atoms with van der Waals surface area (Å²) in [6, 6.07) is 16.6. The third-order valence-corrected chi connectivity index (χ3v) is 4.54. The number of carbonyl (C=O) groups excluding carboxylic acids is 1. The summed E-state index contributed by atoms with van der Waals surface area (Å²) in [7, 11) is 0. The van der Waals surface area contributed by atoms with E-state index in [0.29, 0.717) is 13.1 Å². The molecule has 1 aliphatic rings. The lowest BCUT2D eigenvalue weighted by Crippen LogP contribution is -2.31. The molecule has 0 fully saturated rings. The molecule has 0 aromatic heterocycles. The largest absolute Gasteiger partial charge is 0.481 e. The molecule has 0 N–H and O–H groups in total. The summed E-state index contributed by atoms with van der Waals surface area (Å²) in [6.07, 6.45) is -4.56. The third-order valence-electron chi connectivity index (χ3n) is 4.54. The predicted molar refractivity (Wildman–Crippen MR) is 96.2 cm³/mol. The number of alkyl halides is 3. The molecule has 0 spiro atoms. The van der Waals surface area contributed by atoms with Crippen LogP contribution in [0.4, 0.5) is 13.2 Å². The van der Waals surface area contributed by atoms with Crippen LogP contribution >= 0.6 is 0 Å². The van der Waals surface area contributed by atoms with Crippen LogP contribution in [0, 0.1) is 0 Å². The Morgan fingerprint density at radius 1 is 0.929 bits per heavy atom. The fourth-order valence-electron chi connectivity index (χ4n) is 3.40. The SMILES string of the molecule is O=C(COc1ccccc1C(F)(F)F)ON1Cc2cccc3cccc(c23)C1. The van der Waals surface area contributed by atoms with Crippen molar-refractivity contribution in [2.45, 2.75) is 19.3 Å². The smallest absolute Gasteiger partial charge is 0.419 e. The second-order valence-electron chi connectivity index (χ2n) is 6.48. The summed E-state index contributed by atoms with van der Waals surface area (Å²) >= 11 is 0. The summed E-state index contributed by atoms with van der Waals surface area (Å²) < 4.78 is 44.0. The number of benzene rings is 3. The average molecular weight is 387 g/mol. The first kappa shape index (κ1) is 18.3. The summed E-state index contributed by atoms with van der Waals surface area (Å²) in [4.78, 5) is 17.4. The van der Waals surface area contributed by atoms with Crippen molar-refractivity contribution in [1.82, 2.24) is 5.06 Å². The van der Waals surface area contributed by atoms with Crippen molar-refractivity contribution in [2.75, 3.05) is 6.61 Å². The fraction of sp³-hybridized carbons (Fsp3) is 0.190. The Hall–Kier alpha value is -3.06. The highest BCUT2D eigenvalue weighted by atomic mass is 19.4. The van der Waals surface area contributed by atoms with Crippen LogP contribution in [-0.4, -0.2) is 17.6 Å². The number of para-hydroxylation sites is 1. The molecule has 0 aliphatic carbocycles. The number of rotatable bonds is 4. The van der Waals surface area contributed by atoms with Gasteiger partial charge in [0.05, 0.1) is 18.7 Å². The number of halogens is 3. The van der Waals surface area contributed by atoms with Gasteiger partial charge in [-0.1, -0.05) is 48.5 Å². The molecule has 0 saturated heterocycles. The average Bonchev–Trinajstić information content (AvgIpc) is 2.66. The molecule has 0 bridgehead atoms. The molecule has 0 amide bonds. The lowest BCUT2D eigenvalue weighted by atomic mass is 9.96. The number of ether oxygens (including phenoxy) is 1. The first-order chi connectivity index (χ1) is 13.4. The van der Waals surface area contributed by atoms with Gasteiger partial charge in [-0.2, -0.15) is 13.2 Å². The van der Waals surface area contributed by atoms with E-state index >= 15 is 0 Å². The topological polar surface area (TPSA) is 38.8 Å². The molecular formula is C21H16F3NO3. The highest BCUT2D eigenvalue weighted by molar-refractivity contribution is 5.89. The monoisotopic (exact) mass is 387 g/mol. The van der Waals surface area contributed by atoms with Gasteiger partial charge in [0.1, 0.15) is 5.75 Å². The van der Waals surface area contributed by atoms with Gasteiger partial charge in [-0.3, -0.25) is 0 Å². The molecule has 1 aliphatic heterocycles. The van der Waals surface area contributed by atoms with Crippen LogP contribution in [0.3, 0.4) is 0 Å². The Morgan fingerprint density at radius 3 is 2.21 bits per heavy atom. The Morgan fingerprint density at radius 2 is 1.57 bits per heavy atom. The normalized spacial score (nSPS) is 14.1. The van der Waals surface area contributed by atoms with Crippen molar-refractivity contribution in [1.29, 1.82) is 0 Å². The Balaban J connectivity index is 1.42. The van der Waals surface area contributed by atoms with E-state index in [-0.39, 0.29) is 0 Å². The minimum Gasteiger partial charge on any atom is -0.481 e. The van der Waals surface area contributed by atoms with E-state index in [1.165, 1.54) is 23.3 Å². The van der Waals surface area contributed by atoms with E-state index in [9.17, 15) is 18.0 Å². The standard InChI is InChI=1S/C21H16F3NO3/c22-21(23,24)17-9-1-2-10-18(17)27-13-19(26)28-25-11-15-7-3-5-14-6-4-8-16(12-25)20(14)15/h1-10H,11-13H2. The van der Waals surface area contributed by atoms with Gasteiger partial charge in [0, 0.05) is 0 Å². The van der Waals surface area contributed by atoms with Gasteiger partial charge in [-0.15, -0.1) is 5.06 Å². The zero-order valence-corrected chi connectivity index (χ0v) is 14.7. The highest BCUT2D eigenvalue weighted by Crippen LogP contribution is 2.36. The predicted octanol–water partition coefficient (Wildman–Crippen LogP) is 4.71. The van der Waals surface area contributed by atoms with Crippen LogP contribution in [0.2, 0.25) is 0 Å². The van der Waals surface area contributed by atoms with E-state index in [4.69, 9.17) is 9.57 Å². The number of hydroxylamine groups is 2. The molecule has 0 saturated carbocycles. The van der Waals surface area contributed by atoms with E-state index in [1.807, 2.05) is 36.4 Å². The van der Waals surface area contributed by atoms with Crippen molar-refractivity contribution in [2.24, 2.45) is 0 Å². The van der Waals surface area contributed by atoms with Gasteiger partial charge in [-0.05, 0) is 34.0 Å². The second-order valence-corrected chi connectivity index (χ2v) is 6.48. The number of nitrogens with zero attached hydrogens (tertiary/aromatic N) is 1. The van der Waals surface area contributed by atoms with Crippen LogP contribution in [0.1, 0.15) is 16.7 Å². The van der Waals surface area contributed by atoms with Gasteiger partial charge in [-0.25, -0.2) is 4.79 Å². The Bertz CT molecular complexity index is 992. The summed E-state index contributed by atoms with van der Waals surface area (Å²) in [5.41, 5.74) is 1.12. The quantitative estimate of drug-likeness (QED) is 0.650. The van der Waals surface area contributed by atoms with E-state index in [1.54, 1.807) is 0 Å². The van der Waals surface area contributed by atoms with Gasteiger partial charge in [0.2, 0.25) is 0 Å². The van der Waals surface area contributed by atoms with E-state index < -0.39 is 30.1 Å². The van der Waals surface area contributed by atoms with Gasteiger partial charge in [0.15, 0.2) is 6.61 Å². The molecule has 0 unspecified atom stereocenters. The molecule has 144 valence electrons. The van der Waals surface area contributed by atoms with Crippen molar-refractivity contribution in [3.8, 4) is 5.75 Å². The maximum atomic E-state index is 13.0. The molecular weight excluding hydrogens is 371 g/mol. The van der Waals surface area contributed by atoms with Crippen molar-refractivity contribution >= 4 is 16.7 Å². The van der Waals surface area contributed by atoms with Gasteiger partial charge < -0.3 is 9.57 Å². The van der Waals surface area contributed by atoms with E-state index in [2.05, 4.69) is 0 Å². The third kappa shape index (κ3) is 3.66. The number of hydrogen-bond donors (Lipinski definition) is 0. The van der Waals surface area contributed by atoms with Crippen LogP contribution < -0.4 is 4.74 Å². The van der Waals surface area contributed by atoms with Crippen LogP contribution in [0.15, 0.2) is 60.7 Å². The molecule has 3 aromatic carbocycles. The molecule has 1 heterocycles. The molecule has 4 nitrogen and oxygen atoms in total. The molecule has 7 heteroatoms. The first-order valence-electron chi connectivity index (χ1n) is 8.66. The Labute approximate surface area is 159 Å². The van der Waals surface area contributed by atoms with E-state index in [0.717, 1.165) is 28.0 Å². The summed E-state index contributed by atoms with van der Waals surface area (Å²) in [5.74, 6) is -1.16. The zero-order chi connectivity index (χ0) is 19.7.